The number of hydrogen-bond donors (Lipinski definition) is 0. The summed E-state index contributed by atoms with van der Waals surface area (Å²) in [7, 11) is 1.84. The SMILES string of the molecule is Cn1nc(-c2nc(-c3ccccc3)no2)c2c1CCN(C(=O)c1cc(F)ccc1Cl)C2. The Labute approximate surface area is 182 Å². The number of benzene rings is 2. The molecule has 0 aliphatic carbocycles. The van der Waals surface area contributed by atoms with Gasteiger partial charge in [0.2, 0.25) is 5.82 Å². The minimum absolute atomic E-state index is 0.139. The van der Waals surface area contributed by atoms with Crippen molar-refractivity contribution in [1.82, 2.24) is 24.8 Å². The van der Waals surface area contributed by atoms with Crippen LogP contribution in [0.4, 0.5) is 4.39 Å². The molecular formula is C22H17ClFN5O2. The predicted molar refractivity (Wildman–Crippen MR) is 112 cm³/mol. The van der Waals surface area contributed by atoms with E-state index in [4.69, 9.17) is 16.1 Å². The van der Waals surface area contributed by atoms with Crippen LogP contribution >= 0.6 is 11.6 Å². The maximum atomic E-state index is 13.7. The molecular weight excluding hydrogens is 421 g/mol. The Bertz CT molecular complexity index is 1280. The van der Waals surface area contributed by atoms with Gasteiger partial charge in [0, 0.05) is 36.8 Å². The Morgan fingerprint density at radius 2 is 2.00 bits per heavy atom. The van der Waals surface area contributed by atoms with Crippen LogP contribution in [-0.4, -0.2) is 37.3 Å². The molecule has 1 aliphatic rings. The van der Waals surface area contributed by atoms with E-state index in [1.54, 1.807) is 9.58 Å². The second-order valence-electron chi connectivity index (χ2n) is 7.29. The molecule has 3 heterocycles. The van der Waals surface area contributed by atoms with Gasteiger partial charge in [0.1, 0.15) is 5.82 Å². The van der Waals surface area contributed by atoms with Crippen molar-refractivity contribution >= 4 is 17.5 Å². The molecule has 2 aromatic heterocycles. The molecule has 1 aliphatic heterocycles. The standard InChI is InChI=1S/C22H17ClFN5O2/c1-28-18-9-10-29(22(30)15-11-14(24)7-8-17(15)23)12-16(18)19(26-28)21-25-20(27-31-21)13-5-3-2-4-6-13/h2-8,11H,9-10,12H2,1H3. The molecule has 0 spiro atoms. The Morgan fingerprint density at radius 3 is 2.81 bits per heavy atom. The van der Waals surface area contributed by atoms with E-state index in [-0.39, 0.29) is 28.9 Å². The summed E-state index contributed by atoms with van der Waals surface area (Å²) < 4.78 is 20.9. The summed E-state index contributed by atoms with van der Waals surface area (Å²) >= 11 is 6.14. The minimum atomic E-state index is -0.508. The maximum Gasteiger partial charge on any atom is 0.279 e. The number of carbonyl (C=O) groups excluding carboxylic acids is 1. The van der Waals surface area contributed by atoms with Gasteiger partial charge in [-0.15, -0.1) is 0 Å². The van der Waals surface area contributed by atoms with Gasteiger partial charge in [0.05, 0.1) is 17.1 Å². The summed E-state index contributed by atoms with van der Waals surface area (Å²) in [5, 5.41) is 8.85. The molecule has 0 saturated carbocycles. The molecule has 2 aromatic carbocycles. The molecule has 1 amide bonds. The Hall–Kier alpha value is -3.52. The first-order valence-corrected chi connectivity index (χ1v) is 10.1. The van der Waals surface area contributed by atoms with Crippen molar-refractivity contribution in [2.24, 2.45) is 7.05 Å². The lowest BCUT2D eigenvalue weighted by Gasteiger charge is -2.28. The zero-order valence-corrected chi connectivity index (χ0v) is 17.3. The molecule has 0 radical (unpaired) electrons. The smallest absolute Gasteiger partial charge is 0.279 e. The van der Waals surface area contributed by atoms with Gasteiger partial charge in [-0.2, -0.15) is 10.1 Å². The third kappa shape index (κ3) is 3.48. The minimum Gasteiger partial charge on any atom is -0.334 e. The van der Waals surface area contributed by atoms with Crippen molar-refractivity contribution in [3.05, 3.63) is 76.2 Å². The largest absolute Gasteiger partial charge is 0.334 e. The van der Waals surface area contributed by atoms with Crippen LogP contribution in [0.15, 0.2) is 53.1 Å². The number of nitrogens with zero attached hydrogens (tertiary/aromatic N) is 5. The van der Waals surface area contributed by atoms with E-state index in [0.717, 1.165) is 22.9 Å². The van der Waals surface area contributed by atoms with Crippen LogP contribution < -0.4 is 0 Å². The molecule has 9 heteroatoms. The van der Waals surface area contributed by atoms with E-state index in [9.17, 15) is 9.18 Å². The number of fused-ring (bicyclic) bond motifs is 1. The molecule has 0 N–H and O–H groups in total. The van der Waals surface area contributed by atoms with Crippen LogP contribution in [-0.2, 0) is 20.0 Å². The molecule has 0 atom stereocenters. The lowest BCUT2D eigenvalue weighted by molar-refractivity contribution is 0.0733. The molecule has 0 bridgehead atoms. The van der Waals surface area contributed by atoms with Gasteiger partial charge in [-0.1, -0.05) is 47.1 Å². The van der Waals surface area contributed by atoms with Gasteiger partial charge in [-0.05, 0) is 18.2 Å². The predicted octanol–water partition coefficient (Wildman–Crippen LogP) is 4.13. The monoisotopic (exact) mass is 437 g/mol. The van der Waals surface area contributed by atoms with E-state index in [1.807, 2.05) is 37.4 Å². The zero-order valence-electron chi connectivity index (χ0n) is 16.5. The van der Waals surface area contributed by atoms with E-state index in [1.165, 1.54) is 12.1 Å². The molecule has 0 fully saturated rings. The Kier molecular flexibility index (Phi) is 4.78. The van der Waals surface area contributed by atoms with Gasteiger partial charge in [0.15, 0.2) is 5.69 Å². The quantitative estimate of drug-likeness (QED) is 0.481. The van der Waals surface area contributed by atoms with Crippen LogP contribution in [0.3, 0.4) is 0 Å². The number of rotatable bonds is 3. The van der Waals surface area contributed by atoms with Crippen molar-refractivity contribution in [1.29, 1.82) is 0 Å². The van der Waals surface area contributed by atoms with Crippen LogP contribution in [0.5, 0.6) is 0 Å². The summed E-state index contributed by atoms with van der Waals surface area (Å²) in [6.45, 7) is 0.754. The first-order valence-electron chi connectivity index (χ1n) is 9.70. The summed E-state index contributed by atoms with van der Waals surface area (Å²) in [5.41, 5.74) is 3.33. The van der Waals surface area contributed by atoms with Crippen molar-refractivity contribution in [3.63, 3.8) is 0 Å². The molecule has 156 valence electrons. The lowest BCUT2D eigenvalue weighted by atomic mass is 10.0. The number of carbonyl (C=O) groups is 1. The number of aryl methyl sites for hydroxylation is 1. The van der Waals surface area contributed by atoms with Gasteiger partial charge < -0.3 is 9.42 Å². The second-order valence-corrected chi connectivity index (χ2v) is 7.69. The maximum absolute atomic E-state index is 13.7. The molecule has 4 aromatic rings. The highest BCUT2D eigenvalue weighted by Crippen LogP contribution is 2.31. The van der Waals surface area contributed by atoms with Crippen LogP contribution in [0.1, 0.15) is 21.6 Å². The average Bonchev–Trinajstić information content (AvgIpc) is 3.40. The third-order valence-electron chi connectivity index (χ3n) is 5.35. The summed E-state index contributed by atoms with van der Waals surface area (Å²) in [6, 6.07) is 13.3. The van der Waals surface area contributed by atoms with E-state index in [2.05, 4.69) is 15.2 Å². The average molecular weight is 438 g/mol. The fraction of sp³-hybridized carbons (Fsp3) is 0.182. The molecule has 7 nitrogen and oxygen atoms in total. The zero-order chi connectivity index (χ0) is 21.5. The van der Waals surface area contributed by atoms with E-state index in [0.29, 0.717) is 24.5 Å². The molecule has 0 saturated heterocycles. The Morgan fingerprint density at radius 1 is 1.19 bits per heavy atom. The highest BCUT2D eigenvalue weighted by Gasteiger charge is 2.30. The second kappa shape index (κ2) is 7.63. The summed E-state index contributed by atoms with van der Waals surface area (Å²) in [5.74, 6) is -0.0913. The molecule has 0 unspecified atom stereocenters. The van der Waals surface area contributed by atoms with E-state index < -0.39 is 5.82 Å². The topological polar surface area (TPSA) is 77.1 Å². The number of halogens is 2. The fourth-order valence-corrected chi connectivity index (χ4v) is 3.99. The number of hydrogen-bond acceptors (Lipinski definition) is 5. The van der Waals surface area contributed by atoms with Crippen molar-refractivity contribution in [3.8, 4) is 23.0 Å². The first kappa shape index (κ1) is 19.4. The van der Waals surface area contributed by atoms with Crippen molar-refractivity contribution < 1.29 is 13.7 Å². The normalized spacial score (nSPS) is 13.3. The molecule has 31 heavy (non-hydrogen) atoms. The van der Waals surface area contributed by atoms with Gasteiger partial charge >= 0.3 is 0 Å². The van der Waals surface area contributed by atoms with Gasteiger partial charge in [-0.3, -0.25) is 9.48 Å². The van der Waals surface area contributed by atoms with Crippen LogP contribution in [0.2, 0.25) is 5.02 Å². The van der Waals surface area contributed by atoms with Crippen molar-refractivity contribution in [2.45, 2.75) is 13.0 Å². The highest BCUT2D eigenvalue weighted by atomic mass is 35.5. The molecule has 5 rings (SSSR count). The number of amides is 1. The van der Waals surface area contributed by atoms with Crippen LogP contribution in [0, 0.1) is 5.82 Å². The van der Waals surface area contributed by atoms with Gasteiger partial charge in [0.25, 0.3) is 11.8 Å². The summed E-state index contributed by atoms with van der Waals surface area (Å²) in [4.78, 5) is 19.1. The van der Waals surface area contributed by atoms with Crippen LogP contribution in [0.25, 0.3) is 23.0 Å². The van der Waals surface area contributed by atoms with E-state index >= 15 is 0 Å². The third-order valence-corrected chi connectivity index (χ3v) is 5.68. The number of aromatic nitrogens is 4. The van der Waals surface area contributed by atoms with Crippen molar-refractivity contribution in [2.75, 3.05) is 6.54 Å². The fourth-order valence-electron chi connectivity index (χ4n) is 3.79. The lowest BCUT2D eigenvalue weighted by Crippen LogP contribution is -2.36. The Balaban J connectivity index is 1.48. The summed E-state index contributed by atoms with van der Waals surface area (Å²) in [6.07, 6.45) is 0.594. The first-order chi connectivity index (χ1) is 15.0. The highest BCUT2D eigenvalue weighted by molar-refractivity contribution is 6.33. The van der Waals surface area contributed by atoms with Gasteiger partial charge in [-0.25, -0.2) is 4.39 Å².